The summed E-state index contributed by atoms with van der Waals surface area (Å²) >= 11 is 0. The quantitative estimate of drug-likeness (QED) is 0.529. The Morgan fingerprint density at radius 1 is 1.20 bits per heavy atom. The maximum Gasteiger partial charge on any atom is 0.184 e. The number of phenols is 1. The molecule has 0 spiro atoms. The first kappa shape index (κ1) is 13.9. The molecule has 0 aromatic heterocycles. The molecule has 0 bridgehead atoms. The highest BCUT2D eigenvalue weighted by atomic mass is 19.1. The van der Waals surface area contributed by atoms with Gasteiger partial charge in [0.05, 0.1) is 5.56 Å². The number of rotatable bonds is 4. The molecule has 0 saturated heterocycles. The van der Waals surface area contributed by atoms with E-state index in [0.29, 0.717) is 11.8 Å². The number of hydrogen-bond donors (Lipinski definition) is 1. The second-order valence-electron chi connectivity index (χ2n) is 4.68. The van der Waals surface area contributed by atoms with Crippen LogP contribution in [-0.2, 0) is 10.2 Å². The summed E-state index contributed by atoms with van der Waals surface area (Å²) < 4.78 is 13.3. The zero-order valence-corrected chi connectivity index (χ0v) is 10.8. The van der Waals surface area contributed by atoms with Crippen LogP contribution in [-0.4, -0.2) is 17.2 Å². The van der Waals surface area contributed by atoms with E-state index in [0.717, 1.165) is 18.2 Å². The predicted octanol–water partition coefficient (Wildman–Crippen LogP) is 2.87. The molecule has 2 rings (SSSR count). The molecule has 0 amide bonds. The van der Waals surface area contributed by atoms with Gasteiger partial charge >= 0.3 is 0 Å². The van der Waals surface area contributed by atoms with E-state index in [9.17, 15) is 19.1 Å². The summed E-state index contributed by atoms with van der Waals surface area (Å²) in [5.74, 6) is -1.64. The lowest BCUT2D eigenvalue weighted by Gasteiger charge is -2.22. The van der Waals surface area contributed by atoms with Crippen LogP contribution in [0.3, 0.4) is 0 Å². The standard InChI is InChI=1S/C16H13FO3/c1-16(10-18,11-5-3-2-4-6-11)15(20)13-9-12(17)7-8-14(13)19/h2-10,19H,1H3. The molecule has 0 heterocycles. The smallest absolute Gasteiger partial charge is 0.184 e. The van der Waals surface area contributed by atoms with E-state index < -0.39 is 17.0 Å². The summed E-state index contributed by atoms with van der Waals surface area (Å²) in [6.07, 6.45) is 0.509. The van der Waals surface area contributed by atoms with Crippen LogP contribution in [0, 0.1) is 5.82 Å². The minimum absolute atomic E-state index is 0.205. The van der Waals surface area contributed by atoms with Crippen LogP contribution >= 0.6 is 0 Å². The third-order valence-electron chi connectivity index (χ3n) is 3.28. The summed E-state index contributed by atoms with van der Waals surface area (Å²) in [4.78, 5) is 24.0. The Hall–Kier alpha value is -2.49. The van der Waals surface area contributed by atoms with Crippen LogP contribution in [0.2, 0.25) is 0 Å². The summed E-state index contributed by atoms with van der Waals surface area (Å²) in [6.45, 7) is 1.45. The number of hydrogen-bond acceptors (Lipinski definition) is 3. The second-order valence-corrected chi connectivity index (χ2v) is 4.68. The highest BCUT2D eigenvalue weighted by Crippen LogP contribution is 2.30. The van der Waals surface area contributed by atoms with Crippen molar-refractivity contribution in [1.29, 1.82) is 0 Å². The van der Waals surface area contributed by atoms with Crippen LogP contribution in [0.4, 0.5) is 4.39 Å². The van der Waals surface area contributed by atoms with E-state index in [1.54, 1.807) is 30.3 Å². The highest BCUT2D eigenvalue weighted by Gasteiger charge is 2.37. The van der Waals surface area contributed by atoms with E-state index in [1.165, 1.54) is 6.92 Å². The topological polar surface area (TPSA) is 54.4 Å². The van der Waals surface area contributed by atoms with Crippen molar-refractivity contribution in [1.82, 2.24) is 0 Å². The van der Waals surface area contributed by atoms with E-state index in [-0.39, 0.29) is 11.3 Å². The lowest BCUT2D eigenvalue weighted by atomic mass is 9.77. The van der Waals surface area contributed by atoms with Crippen LogP contribution in [0.25, 0.3) is 0 Å². The molecule has 2 aromatic carbocycles. The van der Waals surface area contributed by atoms with Crippen molar-refractivity contribution in [3.05, 3.63) is 65.5 Å². The molecule has 0 aliphatic rings. The molecule has 0 radical (unpaired) electrons. The summed E-state index contributed by atoms with van der Waals surface area (Å²) in [7, 11) is 0. The van der Waals surface area contributed by atoms with Gasteiger partial charge in [-0.3, -0.25) is 4.79 Å². The molecule has 2 aromatic rings. The predicted molar refractivity (Wildman–Crippen MR) is 72.3 cm³/mol. The molecule has 1 unspecified atom stereocenters. The highest BCUT2D eigenvalue weighted by molar-refractivity contribution is 6.14. The number of aldehydes is 1. The van der Waals surface area contributed by atoms with Gasteiger partial charge in [-0.2, -0.15) is 0 Å². The Morgan fingerprint density at radius 2 is 1.85 bits per heavy atom. The fourth-order valence-corrected chi connectivity index (χ4v) is 2.01. The molecule has 4 heteroatoms. The fraction of sp³-hybridized carbons (Fsp3) is 0.125. The van der Waals surface area contributed by atoms with E-state index in [1.807, 2.05) is 0 Å². The third-order valence-corrected chi connectivity index (χ3v) is 3.28. The SMILES string of the molecule is CC(C=O)(C(=O)c1cc(F)ccc1O)c1ccccc1. The van der Waals surface area contributed by atoms with Gasteiger partial charge in [0.15, 0.2) is 5.78 Å². The van der Waals surface area contributed by atoms with Gasteiger partial charge in [-0.05, 0) is 30.7 Å². The minimum atomic E-state index is -1.47. The molecule has 1 N–H and O–H groups in total. The number of aromatic hydroxyl groups is 1. The maximum atomic E-state index is 13.3. The Balaban J connectivity index is 2.54. The first-order valence-electron chi connectivity index (χ1n) is 6.04. The number of ketones is 1. The molecule has 0 fully saturated rings. The number of halogens is 1. The second kappa shape index (κ2) is 5.25. The van der Waals surface area contributed by atoms with Crippen LogP contribution in [0.5, 0.6) is 5.75 Å². The average molecular weight is 272 g/mol. The molecule has 20 heavy (non-hydrogen) atoms. The van der Waals surface area contributed by atoms with Gasteiger partial charge in [0.2, 0.25) is 0 Å². The summed E-state index contributed by atoms with van der Waals surface area (Å²) in [6, 6.07) is 11.5. The molecule has 0 aliphatic carbocycles. The fourth-order valence-electron chi connectivity index (χ4n) is 2.01. The number of carbonyl (C=O) groups is 2. The van der Waals surface area contributed by atoms with Crippen LogP contribution < -0.4 is 0 Å². The monoisotopic (exact) mass is 272 g/mol. The van der Waals surface area contributed by atoms with E-state index >= 15 is 0 Å². The molecular weight excluding hydrogens is 259 g/mol. The first-order valence-corrected chi connectivity index (χ1v) is 6.04. The largest absolute Gasteiger partial charge is 0.507 e. The van der Waals surface area contributed by atoms with Crippen molar-refractivity contribution < 1.29 is 19.1 Å². The Kier molecular flexibility index (Phi) is 3.66. The number of benzene rings is 2. The van der Waals surface area contributed by atoms with Crippen molar-refractivity contribution in [3.8, 4) is 5.75 Å². The molecule has 0 aliphatic heterocycles. The van der Waals surface area contributed by atoms with E-state index in [4.69, 9.17) is 0 Å². The van der Waals surface area contributed by atoms with Gasteiger partial charge in [-0.25, -0.2) is 4.39 Å². The van der Waals surface area contributed by atoms with Gasteiger partial charge in [0, 0.05) is 0 Å². The molecule has 1 atom stereocenters. The summed E-state index contributed by atoms with van der Waals surface area (Å²) in [5.41, 5.74) is -1.18. The first-order chi connectivity index (χ1) is 9.49. The normalized spacial score (nSPS) is 13.5. The van der Waals surface area contributed by atoms with Gasteiger partial charge in [0.25, 0.3) is 0 Å². The lowest BCUT2D eigenvalue weighted by molar-refractivity contribution is -0.110. The van der Waals surface area contributed by atoms with Gasteiger partial charge in [0.1, 0.15) is 23.3 Å². The molecular formula is C16H13FO3. The van der Waals surface area contributed by atoms with Gasteiger partial charge in [-0.15, -0.1) is 0 Å². The maximum absolute atomic E-state index is 13.3. The van der Waals surface area contributed by atoms with Crippen molar-refractivity contribution >= 4 is 12.1 Å². The molecule has 3 nitrogen and oxygen atoms in total. The molecule has 102 valence electrons. The zero-order chi connectivity index (χ0) is 14.8. The van der Waals surface area contributed by atoms with Crippen molar-refractivity contribution in [3.63, 3.8) is 0 Å². The van der Waals surface area contributed by atoms with Gasteiger partial charge < -0.3 is 9.90 Å². The van der Waals surface area contributed by atoms with Crippen molar-refractivity contribution in [2.45, 2.75) is 12.3 Å². The zero-order valence-electron chi connectivity index (χ0n) is 10.8. The number of carbonyl (C=O) groups excluding carboxylic acids is 2. The summed E-state index contributed by atoms with van der Waals surface area (Å²) in [5, 5.41) is 9.71. The number of Topliss-reactive ketones (excluding diaryl/α,β-unsaturated/α-hetero) is 1. The van der Waals surface area contributed by atoms with Crippen molar-refractivity contribution in [2.24, 2.45) is 0 Å². The van der Waals surface area contributed by atoms with Crippen LogP contribution in [0.15, 0.2) is 48.5 Å². The Labute approximate surface area is 115 Å². The van der Waals surface area contributed by atoms with Gasteiger partial charge in [-0.1, -0.05) is 30.3 Å². The Morgan fingerprint density at radius 3 is 2.45 bits per heavy atom. The Bertz CT molecular complexity index is 652. The van der Waals surface area contributed by atoms with E-state index in [2.05, 4.69) is 0 Å². The van der Waals surface area contributed by atoms with Crippen LogP contribution in [0.1, 0.15) is 22.8 Å². The average Bonchev–Trinajstić information content (AvgIpc) is 2.49. The number of phenolic OH excluding ortho intramolecular Hbond substituents is 1. The third kappa shape index (κ3) is 2.32. The van der Waals surface area contributed by atoms with Crippen molar-refractivity contribution in [2.75, 3.05) is 0 Å². The molecule has 0 saturated carbocycles. The lowest BCUT2D eigenvalue weighted by Crippen LogP contribution is -2.34. The minimum Gasteiger partial charge on any atom is -0.507 e.